The van der Waals surface area contributed by atoms with E-state index in [0.717, 1.165) is 5.56 Å². The first-order chi connectivity index (χ1) is 11.5. The van der Waals surface area contributed by atoms with Gasteiger partial charge in [-0.15, -0.1) is 0 Å². The molecule has 0 aliphatic heterocycles. The zero-order valence-electron chi connectivity index (χ0n) is 13.4. The van der Waals surface area contributed by atoms with Gasteiger partial charge in [0.05, 0.1) is 23.9 Å². The van der Waals surface area contributed by atoms with Crippen molar-refractivity contribution in [2.24, 2.45) is 11.1 Å². The average molecular weight is 347 g/mol. The Morgan fingerprint density at radius 2 is 1.75 bits per heavy atom. The molecule has 0 amide bonds. The van der Waals surface area contributed by atoms with Gasteiger partial charge in [-0.1, -0.05) is 30.3 Å². The van der Waals surface area contributed by atoms with Gasteiger partial charge in [0.15, 0.2) is 9.84 Å². The zero-order chi connectivity index (χ0) is 17.4. The van der Waals surface area contributed by atoms with E-state index in [2.05, 4.69) is 0 Å². The smallest absolute Gasteiger partial charge is 0.182 e. The van der Waals surface area contributed by atoms with E-state index in [0.29, 0.717) is 5.75 Å². The average Bonchev–Trinajstić information content (AvgIpc) is 3.33. The molecule has 2 aromatic rings. The molecule has 6 heteroatoms. The number of aliphatic hydroxyl groups excluding tert-OH is 1. The van der Waals surface area contributed by atoms with Crippen molar-refractivity contribution in [1.29, 1.82) is 0 Å². The van der Waals surface area contributed by atoms with E-state index >= 15 is 0 Å². The first-order valence-corrected chi connectivity index (χ1v) is 9.29. The molecule has 1 aliphatic rings. The standard InChI is InChI=1S/C18H21NO4S/c1-23-14-9-7-13(8-10-14)16-17(18(16,11-19)12-20)24(21,22)15-5-3-2-4-6-15/h2-10,16-17,20H,11-12,19H2,1H3/t16-,17+,18-/m0/s1. The lowest BCUT2D eigenvalue weighted by atomic mass is 10.00. The van der Waals surface area contributed by atoms with E-state index in [-0.39, 0.29) is 24.0 Å². The number of nitrogens with two attached hydrogens (primary N) is 1. The Labute approximate surface area is 142 Å². The second kappa shape index (κ2) is 6.20. The molecule has 3 rings (SSSR count). The molecule has 3 atom stereocenters. The van der Waals surface area contributed by atoms with E-state index in [4.69, 9.17) is 10.5 Å². The summed E-state index contributed by atoms with van der Waals surface area (Å²) in [4.78, 5) is 0.261. The summed E-state index contributed by atoms with van der Waals surface area (Å²) in [5, 5.41) is 9.17. The van der Waals surface area contributed by atoms with Crippen LogP contribution in [0.4, 0.5) is 0 Å². The summed E-state index contributed by atoms with van der Waals surface area (Å²) in [6.07, 6.45) is 0. The lowest BCUT2D eigenvalue weighted by molar-refractivity contribution is 0.212. The van der Waals surface area contributed by atoms with Gasteiger partial charge in [-0.05, 0) is 29.8 Å². The molecule has 0 heterocycles. The summed E-state index contributed by atoms with van der Waals surface area (Å²) in [6, 6.07) is 15.6. The van der Waals surface area contributed by atoms with Gasteiger partial charge < -0.3 is 15.6 Å². The highest BCUT2D eigenvalue weighted by Gasteiger charge is 2.70. The van der Waals surface area contributed by atoms with Gasteiger partial charge in [-0.25, -0.2) is 8.42 Å². The predicted molar refractivity (Wildman–Crippen MR) is 91.7 cm³/mol. The molecule has 0 unspecified atom stereocenters. The van der Waals surface area contributed by atoms with Crippen LogP contribution in [0.15, 0.2) is 59.5 Å². The quantitative estimate of drug-likeness (QED) is 0.828. The molecule has 0 saturated heterocycles. The Kier molecular flexibility index (Phi) is 4.38. The highest BCUT2D eigenvalue weighted by Crippen LogP contribution is 2.63. The summed E-state index contributed by atoms with van der Waals surface area (Å²) < 4.78 is 31.2. The highest BCUT2D eigenvalue weighted by molar-refractivity contribution is 7.92. The minimum atomic E-state index is -3.58. The summed E-state index contributed by atoms with van der Waals surface area (Å²) in [7, 11) is -2.01. The Morgan fingerprint density at radius 1 is 1.12 bits per heavy atom. The SMILES string of the molecule is COc1ccc([C@H]2[C@@H](S(=O)(=O)c3ccccc3)[C@@]2(CN)CO)cc1. The number of hydrogen-bond acceptors (Lipinski definition) is 5. The fraction of sp³-hybridized carbons (Fsp3) is 0.333. The fourth-order valence-corrected chi connectivity index (χ4v) is 5.99. The van der Waals surface area contributed by atoms with Crippen LogP contribution < -0.4 is 10.5 Å². The summed E-state index contributed by atoms with van der Waals surface area (Å²) in [5.41, 5.74) is 5.88. The normalized spacial score (nSPS) is 26.1. The highest BCUT2D eigenvalue weighted by atomic mass is 32.2. The predicted octanol–water partition coefficient (Wildman–Crippen LogP) is 1.57. The molecule has 0 spiro atoms. The van der Waals surface area contributed by atoms with Crippen LogP contribution in [0.5, 0.6) is 5.75 Å². The van der Waals surface area contributed by atoms with Crippen molar-refractivity contribution in [3.8, 4) is 5.75 Å². The van der Waals surface area contributed by atoms with Crippen LogP contribution in [0.1, 0.15) is 11.5 Å². The Morgan fingerprint density at radius 3 is 2.25 bits per heavy atom. The largest absolute Gasteiger partial charge is 0.497 e. The van der Waals surface area contributed by atoms with Crippen molar-refractivity contribution < 1.29 is 18.3 Å². The van der Waals surface area contributed by atoms with Crippen LogP contribution in [0.2, 0.25) is 0 Å². The van der Waals surface area contributed by atoms with Crippen LogP contribution in [0.25, 0.3) is 0 Å². The van der Waals surface area contributed by atoms with Crippen LogP contribution in [0.3, 0.4) is 0 Å². The number of ether oxygens (including phenoxy) is 1. The third kappa shape index (κ3) is 2.51. The van der Waals surface area contributed by atoms with Crippen LogP contribution in [0, 0.1) is 5.41 Å². The van der Waals surface area contributed by atoms with Gasteiger partial charge >= 0.3 is 0 Å². The maximum Gasteiger partial charge on any atom is 0.182 e. The van der Waals surface area contributed by atoms with Gasteiger partial charge in [0.1, 0.15) is 5.75 Å². The summed E-state index contributed by atoms with van der Waals surface area (Å²) >= 11 is 0. The fourth-order valence-electron chi connectivity index (χ4n) is 3.51. The summed E-state index contributed by atoms with van der Waals surface area (Å²) in [6.45, 7) is -0.159. The Balaban J connectivity index is 2.02. The number of methoxy groups -OCH3 is 1. The van der Waals surface area contributed by atoms with E-state index < -0.39 is 20.5 Å². The molecule has 24 heavy (non-hydrogen) atoms. The first-order valence-electron chi connectivity index (χ1n) is 7.75. The molecule has 0 radical (unpaired) electrons. The second-order valence-electron chi connectivity index (χ2n) is 6.12. The number of hydrogen-bond donors (Lipinski definition) is 2. The van der Waals surface area contributed by atoms with Crippen molar-refractivity contribution >= 4 is 9.84 Å². The molecule has 0 bridgehead atoms. The molecular formula is C18H21NO4S. The van der Waals surface area contributed by atoms with Crippen molar-refractivity contribution in [2.75, 3.05) is 20.3 Å². The minimum absolute atomic E-state index is 0.108. The van der Waals surface area contributed by atoms with Gasteiger partial charge in [0.2, 0.25) is 0 Å². The van der Waals surface area contributed by atoms with Gasteiger partial charge in [-0.3, -0.25) is 0 Å². The van der Waals surface area contributed by atoms with Crippen LogP contribution in [-0.2, 0) is 9.84 Å². The first kappa shape index (κ1) is 17.0. The summed E-state index contributed by atoms with van der Waals surface area (Å²) in [5.74, 6) is 0.368. The topological polar surface area (TPSA) is 89.6 Å². The lowest BCUT2D eigenvalue weighted by Gasteiger charge is -2.12. The molecule has 1 fully saturated rings. The third-order valence-corrected chi connectivity index (χ3v) is 7.27. The van der Waals surface area contributed by atoms with Crippen LogP contribution >= 0.6 is 0 Å². The van der Waals surface area contributed by atoms with E-state index in [1.165, 1.54) is 0 Å². The van der Waals surface area contributed by atoms with Crippen molar-refractivity contribution in [2.45, 2.75) is 16.1 Å². The second-order valence-corrected chi connectivity index (χ2v) is 8.19. The van der Waals surface area contributed by atoms with Crippen molar-refractivity contribution in [3.05, 3.63) is 60.2 Å². The van der Waals surface area contributed by atoms with Crippen molar-refractivity contribution in [1.82, 2.24) is 0 Å². The number of aliphatic hydroxyl groups is 1. The van der Waals surface area contributed by atoms with Crippen molar-refractivity contribution in [3.63, 3.8) is 0 Å². The van der Waals surface area contributed by atoms with E-state index in [9.17, 15) is 13.5 Å². The lowest BCUT2D eigenvalue weighted by Crippen LogP contribution is -2.27. The maximum absolute atomic E-state index is 13.0. The molecule has 128 valence electrons. The minimum Gasteiger partial charge on any atom is -0.497 e. The molecule has 3 N–H and O–H groups in total. The molecule has 1 aliphatic carbocycles. The van der Waals surface area contributed by atoms with E-state index in [1.807, 2.05) is 12.1 Å². The van der Waals surface area contributed by atoms with Gasteiger partial charge in [0, 0.05) is 17.9 Å². The Bertz CT molecular complexity index is 799. The monoisotopic (exact) mass is 347 g/mol. The van der Waals surface area contributed by atoms with Gasteiger partial charge in [-0.2, -0.15) is 0 Å². The number of rotatable bonds is 6. The molecule has 0 aromatic heterocycles. The number of benzene rings is 2. The molecule has 5 nitrogen and oxygen atoms in total. The third-order valence-electron chi connectivity index (χ3n) is 4.94. The van der Waals surface area contributed by atoms with Gasteiger partial charge in [0.25, 0.3) is 0 Å². The molecular weight excluding hydrogens is 326 g/mol. The maximum atomic E-state index is 13.0. The molecule has 1 saturated carbocycles. The van der Waals surface area contributed by atoms with E-state index in [1.54, 1.807) is 49.6 Å². The Hall–Kier alpha value is -1.89. The molecule has 2 aromatic carbocycles. The number of sulfone groups is 1. The zero-order valence-corrected chi connectivity index (χ0v) is 14.2. The van der Waals surface area contributed by atoms with Crippen LogP contribution in [-0.4, -0.2) is 39.0 Å².